The molecule has 0 aliphatic carbocycles. The number of nitrogens with zero attached hydrogens (tertiary/aromatic N) is 4. The first-order valence-electron chi connectivity index (χ1n) is 9.86. The number of rotatable bonds is 3. The standard InChI is InChI=1S/C21H20N6O3S/c22-19-17(20(23)28)18(12-5-7-31(29,30)8-6-12)26-21-15(11-25-27(19)21)14-9-13-3-1-2-4-16(13)24-10-14/h1-4,9-12H,5-8,22H2,(H2,23,28). The summed E-state index contributed by atoms with van der Waals surface area (Å²) in [7, 11) is -3.07. The molecule has 0 saturated carbocycles. The van der Waals surface area contributed by atoms with Gasteiger partial charge in [-0.2, -0.15) is 9.61 Å². The largest absolute Gasteiger partial charge is 0.383 e. The normalized spacial score (nSPS) is 16.6. The molecule has 0 bridgehead atoms. The van der Waals surface area contributed by atoms with Crippen LogP contribution in [0.2, 0.25) is 0 Å². The van der Waals surface area contributed by atoms with Gasteiger partial charge in [0.2, 0.25) is 0 Å². The summed E-state index contributed by atoms with van der Waals surface area (Å²) < 4.78 is 25.1. The number of primary amides is 1. The van der Waals surface area contributed by atoms with Gasteiger partial charge in [0.25, 0.3) is 5.91 Å². The van der Waals surface area contributed by atoms with E-state index in [0.717, 1.165) is 16.5 Å². The van der Waals surface area contributed by atoms with Crippen molar-refractivity contribution in [1.82, 2.24) is 19.6 Å². The maximum Gasteiger partial charge on any atom is 0.254 e. The van der Waals surface area contributed by atoms with Gasteiger partial charge >= 0.3 is 0 Å². The highest BCUT2D eigenvalue weighted by Gasteiger charge is 2.31. The lowest BCUT2D eigenvalue weighted by atomic mass is 9.94. The molecule has 4 N–H and O–H groups in total. The smallest absolute Gasteiger partial charge is 0.254 e. The Hall–Kier alpha value is -3.53. The molecule has 31 heavy (non-hydrogen) atoms. The minimum atomic E-state index is -3.07. The van der Waals surface area contributed by atoms with E-state index in [-0.39, 0.29) is 28.8 Å². The quantitative estimate of drug-likeness (QED) is 0.499. The molecular weight excluding hydrogens is 416 g/mol. The number of anilines is 1. The van der Waals surface area contributed by atoms with Crippen molar-refractivity contribution in [3.63, 3.8) is 0 Å². The van der Waals surface area contributed by atoms with Gasteiger partial charge < -0.3 is 11.5 Å². The Morgan fingerprint density at radius 2 is 1.87 bits per heavy atom. The number of amides is 1. The topological polar surface area (TPSA) is 146 Å². The Morgan fingerprint density at radius 3 is 2.61 bits per heavy atom. The van der Waals surface area contributed by atoms with E-state index in [9.17, 15) is 13.2 Å². The second-order valence-corrected chi connectivity index (χ2v) is 10.1. The third-order valence-corrected chi connectivity index (χ3v) is 7.52. The van der Waals surface area contributed by atoms with E-state index < -0.39 is 15.7 Å². The number of pyridine rings is 1. The number of sulfone groups is 1. The van der Waals surface area contributed by atoms with Gasteiger partial charge in [-0.3, -0.25) is 9.78 Å². The summed E-state index contributed by atoms with van der Waals surface area (Å²) >= 11 is 0. The second-order valence-electron chi connectivity index (χ2n) is 7.76. The summed E-state index contributed by atoms with van der Waals surface area (Å²) in [4.78, 5) is 21.5. The molecule has 1 aromatic carbocycles. The van der Waals surface area contributed by atoms with Gasteiger partial charge in [0.15, 0.2) is 5.65 Å². The van der Waals surface area contributed by atoms with E-state index in [4.69, 9.17) is 16.5 Å². The van der Waals surface area contributed by atoms with Crippen molar-refractivity contribution in [1.29, 1.82) is 0 Å². The fourth-order valence-corrected chi connectivity index (χ4v) is 5.66. The molecule has 158 valence electrons. The summed E-state index contributed by atoms with van der Waals surface area (Å²) in [5.74, 6) is -0.747. The highest BCUT2D eigenvalue weighted by atomic mass is 32.2. The third kappa shape index (κ3) is 3.28. The van der Waals surface area contributed by atoms with Crippen molar-refractivity contribution in [3.8, 4) is 11.1 Å². The number of benzene rings is 1. The minimum Gasteiger partial charge on any atom is -0.383 e. The molecule has 5 rings (SSSR count). The van der Waals surface area contributed by atoms with Crippen LogP contribution in [0.15, 0.2) is 42.7 Å². The summed E-state index contributed by atoms with van der Waals surface area (Å²) in [6.07, 6.45) is 4.11. The molecule has 10 heteroatoms. The Bertz CT molecular complexity index is 1450. The van der Waals surface area contributed by atoms with Crippen LogP contribution in [0.5, 0.6) is 0 Å². The molecule has 1 aliphatic rings. The van der Waals surface area contributed by atoms with Gasteiger partial charge in [0.1, 0.15) is 21.2 Å². The second kappa shape index (κ2) is 7.02. The van der Waals surface area contributed by atoms with E-state index in [2.05, 4.69) is 10.1 Å². The molecule has 0 atom stereocenters. The lowest BCUT2D eigenvalue weighted by Crippen LogP contribution is -2.27. The van der Waals surface area contributed by atoms with Crippen LogP contribution in [0.25, 0.3) is 27.7 Å². The predicted octanol–water partition coefficient (Wildman–Crippen LogP) is 1.92. The molecule has 0 unspecified atom stereocenters. The maximum absolute atomic E-state index is 12.2. The van der Waals surface area contributed by atoms with Crippen molar-refractivity contribution in [3.05, 3.63) is 54.0 Å². The van der Waals surface area contributed by atoms with Crippen LogP contribution in [0.4, 0.5) is 5.82 Å². The molecule has 4 aromatic rings. The Kier molecular flexibility index (Phi) is 4.40. The van der Waals surface area contributed by atoms with Gasteiger partial charge in [-0.15, -0.1) is 0 Å². The number of carbonyl (C=O) groups is 1. The highest BCUT2D eigenvalue weighted by molar-refractivity contribution is 7.91. The number of fused-ring (bicyclic) bond motifs is 2. The lowest BCUT2D eigenvalue weighted by molar-refractivity contribution is 0.0999. The molecular formula is C21H20N6O3S. The van der Waals surface area contributed by atoms with Crippen molar-refractivity contribution < 1.29 is 13.2 Å². The Labute approximate surface area is 178 Å². The number of hydrogen-bond donors (Lipinski definition) is 2. The maximum atomic E-state index is 12.2. The first-order chi connectivity index (χ1) is 14.8. The van der Waals surface area contributed by atoms with E-state index >= 15 is 0 Å². The molecule has 1 saturated heterocycles. The van der Waals surface area contributed by atoms with Crippen LogP contribution in [0.1, 0.15) is 34.8 Å². The number of nitrogen functional groups attached to an aromatic ring is 1. The van der Waals surface area contributed by atoms with Gasteiger partial charge in [-0.25, -0.2) is 13.4 Å². The highest BCUT2D eigenvalue weighted by Crippen LogP contribution is 2.35. The zero-order valence-electron chi connectivity index (χ0n) is 16.5. The average molecular weight is 436 g/mol. The monoisotopic (exact) mass is 436 g/mol. The predicted molar refractivity (Wildman–Crippen MR) is 117 cm³/mol. The molecule has 3 aromatic heterocycles. The van der Waals surface area contributed by atoms with E-state index in [0.29, 0.717) is 29.7 Å². The SMILES string of the molecule is NC(=O)c1c(C2CCS(=O)(=O)CC2)nc2c(-c3cnc4ccccc4c3)cnn2c1N. The summed E-state index contributed by atoms with van der Waals surface area (Å²) in [5.41, 5.74) is 15.3. The summed E-state index contributed by atoms with van der Waals surface area (Å²) in [6.45, 7) is 0. The summed E-state index contributed by atoms with van der Waals surface area (Å²) in [5, 5.41) is 5.30. The molecule has 0 radical (unpaired) electrons. The number of para-hydroxylation sites is 1. The van der Waals surface area contributed by atoms with E-state index in [1.54, 1.807) is 12.4 Å². The zero-order chi connectivity index (χ0) is 21.8. The molecule has 1 amide bonds. The van der Waals surface area contributed by atoms with Gasteiger partial charge in [0.05, 0.1) is 28.9 Å². The van der Waals surface area contributed by atoms with Crippen molar-refractivity contribution in [2.24, 2.45) is 5.73 Å². The fraction of sp³-hybridized carbons (Fsp3) is 0.238. The average Bonchev–Trinajstić information content (AvgIpc) is 3.17. The van der Waals surface area contributed by atoms with Gasteiger partial charge in [-0.05, 0) is 25.0 Å². The van der Waals surface area contributed by atoms with Crippen molar-refractivity contribution >= 4 is 38.1 Å². The van der Waals surface area contributed by atoms with Gasteiger partial charge in [-0.1, -0.05) is 18.2 Å². The first kappa shape index (κ1) is 19.4. The van der Waals surface area contributed by atoms with Crippen LogP contribution in [-0.4, -0.2) is 45.4 Å². The Morgan fingerprint density at radius 1 is 1.13 bits per heavy atom. The number of nitrogens with two attached hydrogens (primary N) is 2. The first-order valence-corrected chi connectivity index (χ1v) is 11.7. The fourth-order valence-electron chi connectivity index (χ4n) is 4.17. The van der Waals surface area contributed by atoms with Crippen LogP contribution in [-0.2, 0) is 9.84 Å². The lowest BCUT2D eigenvalue weighted by Gasteiger charge is -2.23. The molecule has 4 heterocycles. The molecule has 1 fully saturated rings. The number of hydrogen-bond acceptors (Lipinski definition) is 7. The zero-order valence-corrected chi connectivity index (χ0v) is 17.3. The van der Waals surface area contributed by atoms with Crippen LogP contribution < -0.4 is 11.5 Å². The van der Waals surface area contributed by atoms with Crippen LogP contribution in [0.3, 0.4) is 0 Å². The van der Waals surface area contributed by atoms with Crippen LogP contribution >= 0.6 is 0 Å². The van der Waals surface area contributed by atoms with E-state index in [1.807, 2.05) is 30.3 Å². The third-order valence-electron chi connectivity index (χ3n) is 5.80. The number of carbonyl (C=O) groups excluding carboxylic acids is 1. The molecule has 0 spiro atoms. The Balaban J connectivity index is 1.70. The van der Waals surface area contributed by atoms with E-state index in [1.165, 1.54) is 4.52 Å². The molecule has 9 nitrogen and oxygen atoms in total. The van der Waals surface area contributed by atoms with Crippen molar-refractivity contribution in [2.45, 2.75) is 18.8 Å². The van der Waals surface area contributed by atoms with Crippen LogP contribution in [0, 0.1) is 0 Å². The van der Waals surface area contributed by atoms with Gasteiger partial charge in [0, 0.05) is 28.6 Å². The van der Waals surface area contributed by atoms with Crippen molar-refractivity contribution in [2.75, 3.05) is 17.2 Å². The summed E-state index contributed by atoms with van der Waals surface area (Å²) in [6, 6.07) is 9.76. The molecule has 1 aliphatic heterocycles. The minimum absolute atomic E-state index is 0.0450. The number of aromatic nitrogens is 4.